The van der Waals surface area contributed by atoms with Crippen LogP contribution in [0.2, 0.25) is 0 Å². The third kappa shape index (κ3) is 4.50. The molecule has 0 aliphatic rings. The number of benzene rings is 2. The minimum absolute atomic E-state index is 0.155. The number of ether oxygens (including phenoxy) is 2. The lowest BCUT2D eigenvalue weighted by Crippen LogP contribution is -2.39. The minimum atomic E-state index is -0.386. The van der Waals surface area contributed by atoms with Gasteiger partial charge in [0.25, 0.3) is 5.91 Å². The Balaban J connectivity index is 1.71. The smallest absolute Gasteiger partial charge is 0.269 e. The van der Waals surface area contributed by atoms with Crippen molar-refractivity contribution in [1.82, 2.24) is 15.5 Å². The first kappa shape index (κ1) is 19.4. The number of aromatic nitrogens is 2. The Labute approximate surface area is 163 Å². The third-order valence-corrected chi connectivity index (χ3v) is 4.38. The van der Waals surface area contributed by atoms with Gasteiger partial charge in [0.15, 0.2) is 11.5 Å². The van der Waals surface area contributed by atoms with E-state index in [1.165, 1.54) is 0 Å². The fraction of sp³-hybridized carbons (Fsp3) is 0.238. The molecule has 0 fully saturated rings. The van der Waals surface area contributed by atoms with Crippen LogP contribution >= 0.6 is 0 Å². The summed E-state index contributed by atoms with van der Waals surface area (Å²) in [4.78, 5) is 12.5. The number of hydrogen-bond acceptors (Lipinski definition) is 5. The van der Waals surface area contributed by atoms with E-state index in [4.69, 9.17) is 9.47 Å². The van der Waals surface area contributed by atoms with Crippen molar-refractivity contribution in [1.29, 1.82) is 0 Å². The van der Waals surface area contributed by atoms with Crippen LogP contribution in [0.5, 0.6) is 11.5 Å². The van der Waals surface area contributed by atoms with E-state index in [0.29, 0.717) is 29.3 Å². The molecule has 0 aliphatic heterocycles. The Bertz CT molecular complexity index is 924. The van der Waals surface area contributed by atoms with Gasteiger partial charge in [0, 0.05) is 5.56 Å². The van der Waals surface area contributed by atoms with Gasteiger partial charge in [0.1, 0.15) is 5.69 Å². The number of aromatic amines is 1. The van der Waals surface area contributed by atoms with E-state index in [1.807, 2.05) is 36.4 Å². The maximum absolute atomic E-state index is 12.5. The van der Waals surface area contributed by atoms with E-state index in [9.17, 15) is 9.90 Å². The van der Waals surface area contributed by atoms with Crippen LogP contribution in [0.3, 0.4) is 0 Å². The van der Waals surface area contributed by atoms with Gasteiger partial charge in [-0.25, -0.2) is 0 Å². The lowest BCUT2D eigenvalue weighted by molar-refractivity contribution is 0.0911. The highest BCUT2D eigenvalue weighted by molar-refractivity contribution is 5.93. The largest absolute Gasteiger partial charge is 0.493 e. The Morgan fingerprint density at radius 2 is 1.86 bits per heavy atom. The van der Waals surface area contributed by atoms with E-state index < -0.39 is 0 Å². The van der Waals surface area contributed by atoms with Crippen LogP contribution in [0.1, 0.15) is 16.1 Å². The maximum atomic E-state index is 12.5. The first-order chi connectivity index (χ1) is 13.6. The molecule has 3 N–H and O–H groups in total. The second kappa shape index (κ2) is 9.05. The second-order valence-electron chi connectivity index (χ2n) is 6.28. The monoisotopic (exact) mass is 381 g/mol. The number of amides is 1. The van der Waals surface area contributed by atoms with Gasteiger partial charge in [0.05, 0.1) is 32.6 Å². The molecule has 146 valence electrons. The zero-order valence-electron chi connectivity index (χ0n) is 15.8. The molecule has 1 heterocycles. The van der Waals surface area contributed by atoms with Crippen molar-refractivity contribution in [2.75, 3.05) is 20.8 Å². The first-order valence-corrected chi connectivity index (χ1v) is 8.88. The highest BCUT2D eigenvalue weighted by atomic mass is 16.5. The highest BCUT2D eigenvalue weighted by Gasteiger charge is 2.17. The van der Waals surface area contributed by atoms with Crippen molar-refractivity contribution in [2.45, 2.75) is 12.5 Å². The number of carbonyl (C=O) groups excluding carboxylic acids is 1. The number of H-pyrrole nitrogens is 1. The molecular formula is C21H23N3O4. The second-order valence-corrected chi connectivity index (χ2v) is 6.28. The van der Waals surface area contributed by atoms with Gasteiger partial charge in [0.2, 0.25) is 0 Å². The number of rotatable bonds is 8. The topological polar surface area (TPSA) is 96.5 Å². The SMILES string of the molecule is COc1ccc(-c2cc(C(=O)N[C@H](CO)Cc3ccccc3)[nH]n2)cc1OC. The highest BCUT2D eigenvalue weighted by Crippen LogP contribution is 2.31. The Hall–Kier alpha value is -3.32. The van der Waals surface area contributed by atoms with Gasteiger partial charge >= 0.3 is 0 Å². The van der Waals surface area contributed by atoms with Crippen LogP contribution in [0, 0.1) is 0 Å². The van der Waals surface area contributed by atoms with Crippen molar-refractivity contribution in [3.63, 3.8) is 0 Å². The molecule has 0 saturated carbocycles. The van der Waals surface area contributed by atoms with Crippen LogP contribution in [0.25, 0.3) is 11.3 Å². The van der Waals surface area contributed by atoms with Gasteiger partial charge in [-0.2, -0.15) is 5.10 Å². The number of nitrogens with one attached hydrogen (secondary N) is 2. The average Bonchev–Trinajstić information content (AvgIpc) is 3.24. The van der Waals surface area contributed by atoms with Crippen molar-refractivity contribution >= 4 is 5.91 Å². The zero-order chi connectivity index (χ0) is 19.9. The van der Waals surface area contributed by atoms with Gasteiger partial charge in [-0.05, 0) is 36.2 Å². The van der Waals surface area contributed by atoms with Crippen molar-refractivity contribution in [3.8, 4) is 22.8 Å². The van der Waals surface area contributed by atoms with E-state index in [1.54, 1.807) is 32.4 Å². The predicted octanol–water partition coefficient (Wildman–Crippen LogP) is 2.43. The van der Waals surface area contributed by atoms with E-state index in [-0.39, 0.29) is 18.6 Å². The summed E-state index contributed by atoms with van der Waals surface area (Å²) in [5, 5.41) is 19.4. The molecule has 3 aromatic rings. The quantitative estimate of drug-likeness (QED) is 0.557. The summed E-state index contributed by atoms with van der Waals surface area (Å²) in [5.41, 5.74) is 2.75. The van der Waals surface area contributed by atoms with E-state index in [0.717, 1.165) is 11.1 Å². The predicted molar refractivity (Wildman–Crippen MR) is 106 cm³/mol. The lowest BCUT2D eigenvalue weighted by atomic mass is 10.1. The van der Waals surface area contributed by atoms with Gasteiger partial charge < -0.3 is 19.9 Å². The van der Waals surface area contributed by atoms with Crippen molar-refractivity contribution in [2.24, 2.45) is 0 Å². The molecule has 1 amide bonds. The number of methoxy groups -OCH3 is 2. The molecule has 0 bridgehead atoms. The van der Waals surface area contributed by atoms with Crippen LogP contribution < -0.4 is 14.8 Å². The Morgan fingerprint density at radius 3 is 2.54 bits per heavy atom. The number of nitrogens with zero attached hydrogens (tertiary/aromatic N) is 1. The van der Waals surface area contributed by atoms with Gasteiger partial charge in [-0.15, -0.1) is 0 Å². The maximum Gasteiger partial charge on any atom is 0.269 e. The molecule has 28 heavy (non-hydrogen) atoms. The van der Waals surface area contributed by atoms with Gasteiger partial charge in [-0.1, -0.05) is 30.3 Å². The van der Waals surface area contributed by atoms with Crippen LogP contribution in [0.4, 0.5) is 0 Å². The molecule has 0 spiro atoms. The molecule has 1 aromatic heterocycles. The molecule has 7 nitrogen and oxygen atoms in total. The van der Waals surface area contributed by atoms with Crippen LogP contribution in [-0.2, 0) is 6.42 Å². The molecule has 0 saturated heterocycles. The Morgan fingerprint density at radius 1 is 1.11 bits per heavy atom. The fourth-order valence-electron chi connectivity index (χ4n) is 2.90. The van der Waals surface area contributed by atoms with Crippen LogP contribution in [-0.4, -0.2) is 48.1 Å². The summed E-state index contributed by atoms with van der Waals surface area (Å²) in [6, 6.07) is 16.4. The van der Waals surface area contributed by atoms with Gasteiger partial charge in [-0.3, -0.25) is 9.89 Å². The average molecular weight is 381 g/mol. The number of carbonyl (C=O) groups is 1. The third-order valence-electron chi connectivity index (χ3n) is 4.38. The summed E-state index contributed by atoms with van der Waals surface area (Å²) in [7, 11) is 3.13. The normalized spacial score (nSPS) is 11.7. The Kier molecular flexibility index (Phi) is 6.29. The van der Waals surface area contributed by atoms with Crippen molar-refractivity contribution in [3.05, 3.63) is 65.9 Å². The standard InChI is InChI=1S/C21H23N3O4/c1-27-19-9-8-15(11-20(19)28-2)17-12-18(24-23-17)21(26)22-16(13-25)10-14-6-4-3-5-7-14/h3-9,11-12,16,25H,10,13H2,1-2H3,(H,22,26)(H,23,24)/t16-/m0/s1. The molecule has 7 heteroatoms. The van der Waals surface area contributed by atoms with Crippen molar-refractivity contribution < 1.29 is 19.4 Å². The molecule has 2 aromatic carbocycles. The number of hydrogen-bond donors (Lipinski definition) is 3. The van der Waals surface area contributed by atoms with E-state index in [2.05, 4.69) is 15.5 Å². The number of aliphatic hydroxyl groups is 1. The summed E-state index contributed by atoms with van der Waals surface area (Å²) in [6.45, 7) is -0.155. The first-order valence-electron chi connectivity index (χ1n) is 8.88. The molecule has 1 atom stereocenters. The number of aliphatic hydroxyl groups excluding tert-OH is 1. The zero-order valence-corrected chi connectivity index (χ0v) is 15.8. The summed E-state index contributed by atoms with van der Waals surface area (Å²) in [5.74, 6) is 0.873. The van der Waals surface area contributed by atoms with Crippen LogP contribution in [0.15, 0.2) is 54.6 Å². The van der Waals surface area contributed by atoms with E-state index >= 15 is 0 Å². The summed E-state index contributed by atoms with van der Waals surface area (Å²) in [6.07, 6.45) is 0.541. The molecule has 0 unspecified atom stereocenters. The fourth-order valence-corrected chi connectivity index (χ4v) is 2.90. The lowest BCUT2D eigenvalue weighted by Gasteiger charge is -2.15. The summed E-state index contributed by atoms with van der Waals surface area (Å²) >= 11 is 0. The molecule has 0 radical (unpaired) electrons. The molecule has 3 rings (SSSR count). The minimum Gasteiger partial charge on any atom is -0.493 e. The molecular weight excluding hydrogens is 358 g/mol. The summed E-state index contributed by atoms with van der Waals surface area (Å²) < 4.78 is 10.5. The molecule has 0 aliphatic carbocycles.